The third-order valence-corrected chi connectivity index (χ3v) is 2.70. The first-order chi connectivity index (χ1) is 7.64. The summed E-state index contributed by atoms with van der Waals surface area (Å²) in [4.78, 5) is 6.32. The SMILES string of the molecule is CC1(O)CN(c2nnc3ccccc3n2)C1. The molecule has 0 saturated carbocycles. The summed E-state index contributed by atoms with van der Waals surface area (Å²) in [7, 11) is 0. The average molecular weight is 216 g/mol. The van der Waals surface area contributed by atoms with E-state index in [1.54, 1.807) is 6.92 Å². The molecule has 1 aromatic heterocycles. The number of aliphatic hydroxyl groups is 1. The van der Waals surface area contributed by atoms with Crippen molar-refractivity contribution < 1.29 is 5.11 Å². The van der Waals surface area contributed by atoms with Crippen molar-refractivity contribution in [2.75, 3.05) is 18.0 Å². The van der Waals surface area contributed by atoms with Gasteiger partial charge in [-0.25, -0.2) is 4.98 Å². The molecule has 0 atom stereocenters. The fourth-order valence-electron chi connectivity index (χ4n) is 1.92. The van der Waals surface area contributed by atoms with Crippen LogP contribution in [0.1, 0.15) is 6.92 Å². The highest BCUT2D eigenvalue weighted by atomic mass is 16.3. The summed E-state index contributed by atoms with van der Waals surface area (Å²) < 4.78 is 0. The highest BCUT2D eigenvalue weighted by Gasteiger charge is 2.38. The van der Waals surface area contributed by atoms with E-state index in [0.717, 1.165) is 11.0 Å². The Morgan fingerprint density at radius 3 is 2.56 bits per heavy atom. The Kier molecular flexibility index (Phi) is 1.85. The fourth-order valence-corrected chi connectivity index (χ4v) is 1.92. The second-order valence-corrected chi connectivity index (χ2v) is 4.45. The molecule has 3 rings (SSSR count). The smallest absolute Gasteiger partial charge is 0.246 e. The predicted octanol–water partition coefficient (Wildman–Crippen LogP) is 0.596. The molecule has 0 aliphatic carbocycles. The number of hydrogen-bond donors (Lipinski definition) is 1. The summed E-state index contributed by atoms with van der Waals surface area (Å²) in [6.45, 7) is 2.93. The lowest BCUT2D eigenvalue weighted by molar-refractivity contribution is 0.0299. The summed E-state index contributed by atoms with van der Waals surface area (Å²) in [5.74, 6) is 0.588. The van der Waals surface area contributed by atoms with Crippen LogP contribution in [-0.2, 0) is 0 Å². The highest BCUT2D eigenvalue weighted by Crippen LogP contribution is 2.24. The van der Waals surface area contributed by atoms with Gasteiger partial charge in [0.25, 0.3) is 0 Å². The maximum Gasteiger partial charge on any atom is 0.246 e. The van der Waals surface area contributed by atoms with Gasteiger partial charge in [-0.2, -0.15) is 0 Å². The maximum absolute atomic E-state index is 9.64. The van der Waals surface area contributed by atoms with Crippen LogP contribution < -0.4 is 4.90 Å². The van der Waals surface area contributed by atoms with Crippen LogP contribution in [0.3, 0.4) is 0 Å². The van der Waals surface area contributed by atoms with Crippen molar-refractivity contribution in [1.82, 2.24) is 15.2 Å². The zero-order valence-corrected chi connectivity index (χ0v) is 8.96. The molecule has 0 amide bonds. The van der Waals surface area contributed by atoms with E-state index in [1.807, 2.05) is 29.2 Å². The summed E-state index contributed by atoms with van der Waals surface area (Å²) in [5.41, 5.74) is 1.01. The molecule has 0 unspecified atom stereocenters. The number of fused-ring (bicyclic) bond motifs is 1. The molecule has 1 saturated heterocycles. The van der Waals surface area contributed by atoms with Gasteiger partial charge < -0.3 is 10.0 Å². The third-order valence-electron chi connectivity index (χ3n) is 2.70. The molecule has 5 nitrogen and oxygen atoms in total. The molecule has 0 spiro atoms. The summed E-state index contributed by atoms with van der Waals surface area (Å²) in [5, 5.41) is 17.8. The lowest BCUT2D eigenvalue weighted by Gasteiger charge is -2.43. The number of rotatable bonds is 1. The molecule has 1 aliphatic rings. The van der Waals surface area contributed by atoms with Crippen molar-refractivity contribution in [3.63, 3.8) is 0 Å². The van der Waals surface area contributed by atoms with Crippen molar-refractivity contribution in [2.24, 2.45) is 0 Å². The zero-order chi connectivity index (χ0) is 11.2. The highest BCUT2D eigenvalue weighted by molar-refractivity contribution is 5.74. The van der Waals surface area contributed by atoms with E-state index in [0.29, 0.717) is 19.0 Å². The average Bonchev–Trinajstić information content (AvgIpc) is 2.25. The minimum Gasteiger partial charge on any atom is -0.386 e. The molecule has 5 heteroatoms. The van der Waals surface area contributed by atoms with Gasteiger partial charge in [0.2, 0.25) is 5.95 Å². The largest absolute Gasteiger partial charge is 0.386 e. The van der Waals surface area contributed by atoms with Crippen molar-refractivity contribution >= 4 is 17.0 Å². The molecule has 82 valence electrons. The number of anilines is 1. The Morgan fingerprint density at radius 1 is 1.19 bits per heavy atom. The normalized spacial score (nSPS) is 18.5. The predicted molar refractivity (Wildman–Crippen MR) is 60.2 cm³/mol. The van der Waals surface area contributed by atoms with Gasteiger partial charge in [-0.15, -0.1) is 10.2 Å². The first-order valence-electron chi connectivity index (χ1n) is 5.21. The molecule has 1 fully saturated rings. The number of benzene rings is 1. The van der Waals surface area contributed by atoms with Gasteiger partial charge in [-0.05, 0) is 19.1 Å². The molecule has 1 aromatic carbocycles. The van der Waals surface area contributed by atoms with E-state index in [9.17, 15) is 5.11 Å². The standard InChI is InChI=1S/C11H12N4O/c1-11(16)6-15(7-11)10-12-8-4-2-3-5-9(8)13-14-10/h2-5,16H,6-7H2,1H3. The molecular weight excluding hydrogens is 204 g/mol. The molecular formula is C11H12N4O. The van der Waals surface area contributed by atoms with E-state index < -0.39 is 5.60 Å². The third kappa shape index (κ3) is 1.49. The number of aromatic nitrogens is 3. The van der Waals surface area contributed by atoms with Crippen LogP contribution in [0.25, 0.3) is 11.0 Å². The van der Waals surface area contributed by atoms with E-state index >= 15 is 0 Å². The van der Waals surface area contributed by atoms with Crippen LogP contribution in [-0.4, -0.2) is 39.0 Å². The van der Waals surface area contributed by atoms with Gasteiger partial charge in [-0.1, -0.05) is 12.1 Å². The van der Waals surface area contributed by atoms with Crippen molar-refractivity contribution in [3.05, 3.63) is 24.3 Å². The van der Waals surface area contributed by atoms with Crippen molar-refractivity contribution in [1.29, 1.82) is 0 Å². The van der Waals surface area contributed by atoms with Gasteiger partial charge in [0.15, 0.2) is 0 Å². The van der Waals surface area contributed by atoms with Gasteiger partial charge in [0, 0.05) is 0 Å². The first kappa shape index (κ1) is 9.47. The maximum atomic E-state index is 9.64. The van der Waals surface area contributed by atoms with Crippen LogP contribution in [0.15, 0.2) is 24.3 Å². The molecule has 0 bridgehead atoms. The van der Waals surface area contributed by atoms with E-state index in [2.05, 4.69) is 15.2 Å². The number of nitrogens with zero attached hydrogens (tertiary/aromatic N) is 4. The van der Waals surface area contributed by atoms with Crippen LogP contribution in [0.4, 0.5) is 5.95 Å². The quantitative estimate of drug-likeness (QED) is 0.756. The minimum atomic E-state index is -0.616. The second-order valence-electron chi connectivity index (χ2n) is 4.45. The van der Waals surface area contributed by atoms with Crippen molar-refractivity contribution in [2.45, 2.75) is 12.5 Å². The summed E-state index contributed by atoms with van der Waals surface area (Å²) in [6, 6.07) is 7.62. The lowest BCUT2D eigenvalue weighted by Crippen LogP contribution is -2.60. The van der Waals surface area contributed by atoms with E-state index in [4.69, 9.17) is 0 Å². The molecule has 1 aliphatic heterocycles. The Balaban J connectivity index is 1.94. The first-order valence-corrected chi connectivity index (χ1v) is 5.21. The zero-order valence-electron chi connectivity index (χ0n) is 8.96. The fraction of sp³-hybridized carbons (Fsp3) is 0.364. The monoisotopic (exact) mass is 216 g/mol. The van der Waals surface area contributed by atoms with Crippen LogP contribution in [0.5, 0.6) is 0 Å². The number of hydrogen-bond acceptors (Lipinski definition) is 5. The Bertz CT molecular complexity index is 532. The number of β-amino-alcohol motifs (C(OH)–C–C–N with tert-alkyl or cyclic N) is 1. The molecule has 2 aromatic rings. The second kappa shape index (κ2) is 3.12. The minimum absolute atomic E-state index is 0.563. The van der Waals surface area contributed by atoms with Gasteiger partial charge >= 0.3 is 0 Å². The summed E-state index contributed by atoms with van der Waals surface area (Å²) in [6.07, 6.45) is 0. The molecule has 0 radical (unpaired) electrons. The Morgan fingerprint density at radius 2 is 1.88 bits per heavy atom. The Labute approximate surface area is 92.7 Å². The van der Waals surface area contributed by atoms with Crippen LogP contribution in [0.2, 0.25) is 0 Å². The van der Waals surface area contributed by atoms with Crippen molar-refractivity contribution in [3.8, 4) is 0 Å². The lowest BCUT2D eigenvalue weighted by atomic mass is 9.98. The summed E-state index contributed by atoms with van der Waals surface area (Å²) >= 11 is 0. The van der Waals surface area contributed by atoms with E-state index in [-0.39, 0.29) is 0 Å². The molecule has 2 heterocycles. The number of para-hydroxylation sites is 1. The van der Waals surface area contributed by atoms with Gasteiger partial charge in [-0.3, -0.25) is 0 Å². The Hall–Kier alpha value is -1.75. The topological polar surface area (TPSA) is 62.1 Å². The van der Waals surface area contributed by atoms with Gasteiger partial charge in [0.1, 0.15) is 5.52 Å². The molecule has 1 N–H and O–H groups in total. The van der Waals surface area contributed by atoms with Gasteiger partial charge in [0.05, 0.1) is 24.2 Å². The molecule has 16 heavy (non-hydrogen) atoms. The van der Waals surface area contributed by atoms with Crippen LogP contribution >= 0.6 is 0 Å². The van der Waals surface area contributed by atoms with Crippen LogP contribution in [0, 0.1) is 0 Å². The van der Waals surface area contributed by atoms with E-state index in [1.165, 1.54) is 0 Å².